The zero-order chi connectivity index (χ0) is 14.8. The molecule has 0 spiro atoms. The molecule has 6 nitrogen and oxygen atoms in total. The molecule has 0 amide bonds. The smallest absolute Gasteiger partial charge is 0.122 e. The molecular formula is C15H24N6. The lowest BCUT2D eigenvalue weighted by molar-refractivity contribution is 0.0707. The molecule has 3 heterocycles. The minimum atomic E-state index is 0.548. The van der Waals surface area contributed by atoms with Crippen molar-refractivity contribution >= 4 is 0 Å². The van der Waals surface area contributed by atoms with Crippen LogP contribution in [-0.2, 0) is 27.2 Å². The fourth-order valence-corrected chi connectivity index (χ4v) is 2.99. The first-order chi connectivity index (χ1) is 10.1. The number of nitrogens with zero attached hydrogens (tertiary/aromatic N) is 6. The summed E-state index contributed by atoms with van der Waals surface area (Å²) in [5, 5.41) is 4.24. The van der Waals surface area contributed by atoms with Crippen LogP contribution in [0.4, 0.5) is 0 Å². The molecular weight excluding hydrogens is 264 g/mol. The van der Waals surface area contributed by atoms with Gasteiger partial charge in [0, 0.05) is 70.5 Å². The third kappa shape index (κ3) is 3.33. The van der Waals surface area contributed by atoms with Gasteiger partial charge in [-0.25, -0.2) is 4.98 Å². The molecule has 2 aromatic rings. The molecule has 1 aliphatic heterocycles. The van der Waals surface area contributed by atoms with Crippen LogP contribution in [0.5, 0.6) is 0 Å². The zero-order valence-electron chi connectivity index (χ0n) is 13.1. The monoisotopic (exact) mass is 288 g/mol. The summed E-state index contributed by atoms with van der Waals surface area (Å²) >= 11 is 0. The van der Waals surface area contributed by atoms with Crippen LogP contribution in [0.2, 0.25) is 0 Å². The van der Waals surface area contributed by atoms with Crippen molar-refractivity contribution in [3.8, 4) is 0 Å². The molecule has 0 bridgehead atoms. The van der Waals surface area contributed by atoms with Crippen molar-refractivity contribution in [3.63, 3.8) is 0 Å². The lowest BCUT2D eigenvalue weighted by atomic mass is 10.1. The molecule has 0 aromatic carbocycles. The molecule has 0 radical (unpaired) electrons. The topological polar surface area (TPSA) is 42.1 Å². The van der Waals surface area contributed by atoms with Gasteiger partial charge in [0.05, 0.1) is 12.7 Å². The Labute approximate surface area is 126 Å². The Morgan fingerprint density at radius 1 is 1.24 bits per heavy atom. The van der Waals surface area contributed by atoms with E-state index in [0.29, 0.717) is 6.04 Å². The van der Waals surface area contributed by atoms with Crippen LogP contribution in [0.15, 0.2) is 24.8 Å². The van der Waals surface area contributed by atoms with Crippen LogP contribution in [0.25, 0.3) is 0 Å². The molecule has 0 N–H and O–H groups in total. The van der Waals surface area contributed by atoms with E-state index in [1.54, 1.807) is 0 Å². The highest BCUT2D eigenvalue weighted by Gasteiger charge is 2.24. The first-order valence-electron chi connectivity index (χ1n) is 7.52. The fraction of sp³-hybridized carbons (Fsp3) is 0.600. The summed E-state index contributed by atoms with van der Waals surface area (Å²) in [6.07, 6.45) is 7.95. The van der Waals surface area contributed by atoms with Gasteiger partial charge >= 0.3 is 0 Å². The van der Waals surface area contributed by atoms with Crippen LogP contribution < -0.4 is 0 Å². The van der Waals surface area contributed by atoms with Gasteiger partial charge in [0.25, 0.3) is 0 Å². The van der Waals surface area contributed by atoms with E-state index in [1.165, 1.54) is 5.56 Å². The van der Waals surface area contributed by atoms with Gasteiger partial charge in [-0.2, -0.15) is 5.10 Å². The Bertz CT molecular complexity index is 587. The first kappa shape index (κ1) is 14.3. The molecule has 1 atom stereocenters. The minimum absolute atomic E-state index is 0.548. The highest BCUT2D eigenvalue weighted by molar-refractivity contribution is 5.04. The number of aromatic nitrogens is 4. The standard InChI is InChI=1S/C15H24N6/c1-13-9-20(11-14-8-17-19(3)10-14)6-7-21(13)12-15-16-4-5-18(15)2/h4-5,8,10,13H,6-7,9,11-12H2,1-3H3. The van der Waals surface area contributed by atoms with Gasteiger partial charge in [0.15, 0.2) is 0 Å². The van der Waals surface area contributed by atoms with E-state index < -0.39 is 0 Å². The van der Waals surface area contributed by atoms with Crippen LogP contribution in [0.1, 0.15) is 18.3 Å². The Morgan fingerprint density at radius 3 is 2.71 bits per heavy atom. The van der Waals surface area contributed by atoms with Crippen molar-refractivity contribution in [3.05, 3.63) is 36.2 Å². The molecule has 21 heavy (non-hydrogen) atoms. The van der Waals surface area contributed by atoms with Gasteiger partial charge < -0.3 is 4.57 Å². The number of rotatable bonds is 4. The average molecular weight is 288 g/mol. The van der Waals surface area contributed by atoms with Gasteiger partial charge in [-0.1, -0.05) is 0 Å². The summed E-state index contributed by atoms with van der Waals surface area (Å²) in [4.78, 5) is 9.46. The number of hydrogen-bond donors (Lipinski definition) is 0. The average Bonchev–Trinajstić information content (AvgIpc) is 3.02. The summed E-state index contributed by atoms with van der Waals surface area (Å²) in [7, 11) is 4.03. The molecule has 0 aliphatic carbocycles. The number of piperazine rings is 1. The van der Waals surface area contributed by atoms with Crippen molar-refractivity contribution < 1.29 is 0 Å². The molecule has 1 fully saturated rings. The SMILES string of the molecule is CC1CN(Cc2cnn(C)c2)CCN1Cc1nccn1C. The molecule has 0 saturated carbocycles. The van der Waals surface area contributed by atoms with Crippen LogP contribution >= 0.6 is 0 Å². The van der Waals surface area contributed by atoms with Gasteiger partial charge in [-0.3, -0.25) is 14.5 Å². The Morgan fingerprint density at radius 2 is 2.10 bits per heavy atom. The molecule has 3 rings (SSSR count). The number of aryl methyl sites for hydroxylation is 2. The second kappa shape index (κ2) is 5.99. The highest BCUT2D eigenvalue weighted by Crippen LogP contribution is 2.15. The zero-order valence-corrected chi connectivity index (χ0v) is 13.1. The largest absolute Gasteiger partial charge is 0.337 e. The summed E-state index contributed by atoms with van der Waals surface area (Å²) in [5.41, 5.74) is 1.29. The van der Waals surface area contributed by atoms with E-state index in [1.807, 2.05) is 30.3 Å². The van der Waals surface area contributed by atoms with Gasteiger partial charge in [0.2, 0.25) is 0 Å². The van der Waals surface area contributed by atoms with E-state index in [0.717, 1.165) is 38.5 Å². The third-order valence-electron chi connectivity index (χ3n) is 4.28. The van der Waals surface area contributed by atoms with Crippen molar-refractivity contribution in [1.29, 1.82) is 0 Å². The second-order valence-corrected chi connectivity index (χ2v) is 6.03. The first-order valence-corrected chi connectivity index (χ1v) is 7.52. The second-order valence-electron chi connectivity index (χ2n) is 6.03. The van der Waals surface area contributed by atoms with Gasteiger partial charge in [-0.05, 0) is 6.92 Å². The minimum Gasteiger partial charge on any atom is -0.337 e. The third-order valence-corrected chi connectivity index (χ3v) is 4.28. The Kier molecular flexibility index (Phi) is 4.07. The summed E-state index contributed by atoms with van der Waals surface area (Å²) in [5.74, 6) is 1.14. The van der Waals surface area contributed by atoms with Crippen molar-refractivity contribution in [1.82, 2.24) is 29.1 Å². The quantitative estimate of drug-likeness (QED) is 0.837. The van der Waals surface area contributed by atoms with Crippen LogP contribution in [0, 0.1) is 0 Å². The predicted molar refractivity (Wildman–Crippen MR) is 81.6 cm³/mol. The van der Waals surface area contributed by atoms with E-state index in [4.69, 9.17) is 0 Å². The molecule has 1 saturated heterocycles. The predicted octanol–water partition coefficient (Wildman–Crippen LogP) is 0.860. The summed E-state index contributed by atoms with van der Waals surface area (Å²) in [6, 6.07) is 0.548. The number of imidazole rings is 1. The Hall–Kier alpha value is -1.66. The van der Waals surface area contributed by atoms with Gasteiger partial charge in [-0.15, -0.1) is 0 Å². The van der Waals surface area contributed by atoms with E-state index in [9.17, 15) is 0 Å². The fourth-order valence-electron chi connectivity index (χ4n) is 2.99. The molecule has 1 aliphatic rings. The van der Waals surface area contributed by atoms with Gasteiger partial charge in [0.1, 0.15) is 5.82 Å². The number of hydrogen-bond acceptors (Lipinski definition) is 4. The van der Waals surface area contributed by atoms with E-state index >= 15 is 0 Å². The molecule has 6 heteroatoms. The maximum absolute atomic E-state index is 4.43. The van der Waals surface area contributed by atoms with E-state index in [2.05, 4.69) is 44.6 Å². The lowest BCUT2D eigenvalue weighted by Crippen LogP contribution is -2.51. The lowest BCUT2D eigenvalue weighted by Gasteiger charge is -2.39. The maximum Gasteiger partial charge on any atom is 0.122 e. The summed E-state index contributed by atoms with van der Waals surface area (Å²) in [6.45, 7) is 7.52. The van der Waals surface area contributed by atoms with E-state index in [-0.39, 0.29) is 0 Å². The maximum atomic E-state index is 4.43. The molecule has 114 valence electrons. The van der Waals surface area contributed by atoms with Crippen molar-refractivity contribution in [2.24, 2.45) is 14.1 Å². The van der Waals surface area contributed by atoms with Crippen LogP contribution in [-0.4, -0.2) is 54.8 Å². The Balaban J connectivity index is 1.55. The normalized spacial score (nSPS) is 21.0. The van der Waals surface area contributed by atoms with Crippen molar-refractivity contribution in [2.45, 2.75) is 26.1 Å². The van der Waals surface area contributed by atoms with Crippen molar-refractivity contribution in [2.75, 3.05) is 19.6 Å². The molecule has 2 aromatic heterocycles. The van der Waals surface area contributed by atoms with Crippen LogP contribution in [0.3, 0.4) is 0 Å². The summed E-state index contributed by atoms with van der Waals surface area (Å²) < 4.78 is 3.98. The highest BCUT2D eigenvalue weighted by atomic mass is 15.3. The molecule has 1 unspecified atom stereocenters.